The third-order valence-electron chi connectivity index (χ3n) is 6.54. The topological polar surface area (TPSA) is 80.7 Å². The number of ether oxygens (including phenoxy) is 1. The molecule has 4 heterocycles. The van der Waals surface area contributed by atoms with Crippen LogP contribution >= 0.6 is 0 Å². The molecule has 0 saturated carbocycles. The molecule has 0 atom stereocenters. The van der Waals surface area contributed by atoms with E-state index in [1.807, 2.05) is 25.1 Å². The Kier molecular flexibility index (Phi) is 6.42. The molecule has 0 radical (unpaired) electrons. The Bertz CT molecular complexity index is 1720. The van der Waals surface area contributed by atoms with Crippen LogP contribution in [-0.2, 0) is 17.5 Å². The number of nitrogens with one attached hydrogen (secondary N) is 1. The van der Waals surface area contributed by atoms with E-state index in [4.69, 9.17) is 9.26 Å². The number of hydrogen-bond acceptors (Lipinski definition) is 7. The van der Waals surface area contributed by atoms with Crippen molar-refractivity contribution in [1.82, 2.24) is 24.7 Å². The molecule has 1 fully saturated rings. The van der Waals surface area contributed by atoms with Crippen molar-refractivity contribution in [3.63, 3.8) is 0 Å². The highest BCUT2D eigenvalue weighted by atomic mass is 19.4. The van der Waals surface area contributed by atoms with E-state index in [2.05, 4.69) is 37.3 Å². The van der Waals surface area contributed by atoms with Gasteiger partial charge in [0.25, 0.3) is 0 Å². The van der Waals surface area contributed by atoms with E-state index in [-0.39, 0.29) is 5.69 Å². The first-order valence-corrected chi connectivity index (χ1v) is 12.3. The number of fused-ring (bicyclic) bond motifs is 2. The maximum Gasteiger partial charge on any atom is 0.416 e. The number of alkyl halides is 3. The van der Waals surface area contributed by atoms with Crippen LogP contribution in [0.1, 0.15) is 27.9 Å². The molecule has 11 heteroatoms. The molecule has 0 unspecified atom stereocenters. The molecule has 0 amide bonds. The molecule has 1 aliphatic heterocycles. The summed E-state index contributed by atoms with van der Waals surface area (Å²) in [5.41, 5.74) is 3.30. The van der Waals surface area contributed by atoms with E-state index in [1.165, 1.54) is 6.07 Å². The van der Waals surface area contributed by atoms with Crippen molar-refractivity contribution in [3.05, 3.63) is 82.8 Å². The van der Waals surface area contributed by atoms with Gasteiger partial charge in [-0.05, 0) is 60.4 Å². The summed E-state index contributed by atoms with van der Waals surface area (Å²) < 4.78 is 53.8. The second-order valence-electron chi connectivity index (χ2n) is 9.28. The number of morpholine rings is 1. The largest absolute Gasteiger partial charge is 0.416 e. The van der Waals surface area contributed by atoms with Crippen molar-refractivity contribution in [2.45, 2.75) is 19.6 Å². The molecule has 2 aromatic carbocycles. The molecule has 0 spiro atoms. The van der Waals surface area contributed by atoms with Gasteiger partial charge in [-0.25, -0.2) is 9.50 Å². The lowest BCUT2D eigenvalue weighted by Gasteiger charge is -2.27. The quantitative estimate of drug-likeness (QED) is 0.320. The maximum atomic E-state index is 13.7. The Labute approximate surface area is 221 Å². The maximum absolute atomic E-state index is 13.7. The zero-order valence-corrected chi connectivity index (χ0v) is 20.9. The lowest BCUT2D eigenvalue weighted by atomic mass is 10.1. The van der Waals surface area contributed by atoms with Crippen LogP contribution < -0.4 is 5.32 Å². The summed E-state index contributed by atoms with van der Waals surface area (Å²) in [5.74, 6) is 6.53. The van der Waals surface area contributed by atoms with E-state index in [0.29, 0.717) is 72.1 Å². The van der Waals surface area contributed by atoms with Crippen LogP contribution in [-0.4, -0.2) is 51.0 Å². The summed E-state index contributed by atoms with van der Waals surface area (Å²) in [6.07, 6.45) is -1.20. The SMILES string of the molecule is Cc1ccc2c(Nc3cc(CN4CCOCC4)cc(C(F)(F)F)c3)noc2c1C#Cc1cnc2cccnn12. The lowest BCUT2D eigenvalue weighted by molar-refractivity contribution is -0.137. The standard InChI is InChI=1S/C28H23F3N6O2/c1-18-4-6-24-26(23(18)7-5-22-16-32-25-3-2-8-33-37(22)25)39-35-27(24)34-21-14-19(13-20(15-21)28(29,30)31)17-36-9-11-38-12-10-36/h2-4,6,8,13-16H,9-12,17H2,1H3,(H,34,35). The third-order valence-corrected chi connectivity index (χ3v) is 6.54. The average molecular weight is 533 g/mol. The summed E-state index contributed by atoms with van der Waals surface area (Å²) in [6.45, 7) is 4.75. The molecule has 6 rings (SSSR count). The van der Waals surface area contributed by atoms with E-state index in [0.717, 1.165) is 11.6 Å². The summed E-state index contributed by atoms with van der Waals surface area (Å²) in [7, 11) is 0. The van der Waals surface area contributed by atoms with Gasteiger partial charge in [0.05, 0.1) is 35.9 Å². The number of rotatable bonds is 4. The average Bonchev–Trinajstić information content (AvgIpc) is 3.52. The van der Waals surface area contributed by atoms with Crippen molar-refractivity contribution in [1.29, 1.82) is 0 Å². The van der Waals surface area contributed by atoms with E-state index >= 15 is 0 Å². The predicted molar refractivity (Wildman–Crippen MR) is 139 cm³/mol. The van der Waals surface area contributed by atoms with Crippen LogP contribution in [0.4, 0.5) is 24.7 Å². The molecular weight excluding hydrogens is 509 g/mol. The van der Waals surface area contributed by atoms with Gasteiger partial charge in [0.15, 0.2) is 17.0 Å². The van der Waals surface area contributed by atoms with E-state index in [1.54, 1.807) is 29.0 Å². The molecule has 39 heavy (non-hydrogen) atoms. The summed E-state index contributed by atoms with van der Waals surface area (Å²) >= 11 is 0. The molecule has 1 aliphatic rings. The fraction of sp³-hybridized carbons (Fsp3) is 0.250. The minimum atomic E-state index is -4.49. The van der Waals surface area contributed by atoms with Crippen molar-refractivity contribution in [3.8, 4) is 11.8 Å². The van der Waals surface area contributed by atoms with Crippen LogP contribution in [0.25, 0.3) is 16.6 Å². The number of benzene rings is 2. The highest BCUT2D eigenvalue weighted by Gasteiger charge is 2.31. The number of anilines is 2. The van der Waals surface area contributed by atoms with Crippen LogP contribution in [0, 0.1) is 18.8 Å². The number of hydrogen-bond donors (Lipinski definition) is 1. The Balaban J connectivity index is 1.34. The Morgan fingerprint density at radius 3 is 2.74 bits per heavy atom. The lowest BCUT2D eigenvalue weighted by Crippen LogP contribution is -2.35. The van der Waals surface area contributed by atoms with Crippen LogP contribution in [0.15, 0.2) is 59.4 Å². The molecule has 5 aromatic rings. The van der Waals surface area contributed by atoms with Crippen molar-refractivity contribution >= 4 is 28.1 Å². The van der Waals surface area contributed by atoms with Gasteiger partial charge in [-0.2, -0.15) is 18.3 Å². The molecule has 3 aromatic heterocycles. The van der Waals surface area contributed by atoms with Crippen molar-refractivity contribution in [2.24, 2.45) is 0 Å². The van der Waals surface area contributed by atoms with Crippen molar-refractivity contribution < 1.29 is 22.4 Å². The zero-order chi connectivity index (χ0) is 27.0. The number of aryl methyl sites for hydroxylation is 1. The fourth-order valence-electron chi connectivity index (χ4n) is 4.56. The molecule has 1 N–H and O–H groups in total. The van der Waals surface area contributed by atoms with Gasteiger partial charge < -0.3 is 14.6 Å². The van der Waals surface area contributed by atoms with E-state index < -0.39 is 11.7 Å². The molecule has 0 aliphatic carbocycles. The van der Waals surface area contributed by atoms with Crippen LogP contribution in [0.5, 0.6) is 0 Å². The minimum absolute atomic E-state index is 0.272. The Morgan fingerprint density at radius 1 is 1.08 bits per heavy atom. The Morgan fingerprint density at radius 2 is 1.92 bits per heavy atom. The zero-order valence-electron chi connectivity index (χ0n) is 20.9. The van der Waals surface area contributed by atoms with Gasteiger partial charge in [0.1, 0.15) is 5.69 Å². The smallest absolute Gasteiger partial charge is 0.379 e. The highest BCUT2D eigenvalue weighted by Crippen LogP contribution is 2.35. The van der Waals surface area contributed by atoms with E-state index in [9.17, 15) is 13.2 Å². The fourth-order valence-corrected chi connectivity index (χ4v) is 4.56. The second-order valence-corrected chi connectivity index (χ2v) is 9.28. The minimum Gasteiger partial charge on any atom is -0.379 e. The molecule has 198 valence electrons. The molecule has 8 nitrogen and oxygen atoms in total. The number of aromatic nitrogens is 4. The Hall–Kier alpha value is -4.40. The van der Waals surface area contributed by atoms with Gasteiger partial charge in [-0.3, -0.25) is 4.90 Å². The first-order valence-electron chi connectivity index (χ1n) is 12.3. The monoisotopic (exact) mass is 532 g/mol. The number of halogens is 3. The van der Waals surface area contributed by atoms with Gasteiger partial charge in [-0.15, -0.1) is 0 Å². The van der Waals surface area contributed by atoms with Gasteiger partial charge in [0.2, 0.25) is 0 Å². The predicted octanol–water partition coefficient (Wildman–Crippen LogP) is 5.17. The van der Waals surface area contributed by atoms with Crippen LogP contribution in [0.2, 0.25) is 0 Å². The molecule has 1 saturated heterocycles. The highest BCUT2D eigenvalue weighted by molar-refractivity contribution is 5.94. The summed E-state index contributed by atoms with van der Waals surface area (Å²) in [5, 5.41) is 12.0. The second kappa shape index (κ2) is 10.1. The first-order chi connectivity index (χ1) is 18.8. The normalized spacial score (nSPS) is 14.5. The van der Waals surface area contributed by atoms with Crippen LogP contribution in [0.3, 0.4) is 0 Å². The number of nitrogens with zero attached hydrogens (tertiary/aromatic N) is 5. The van der Waals surface area contributed by atoms with Gasteiger partial charge in [-0.1, -0.05) is 17.1 Å². The van der Waals surface area contributed by atoms with Gasteiger partial charge in [0, 0.05) is 31.5 Å². The third kappa shape index (κ3) is 5.16. The molecule has 0 bridgehead atoms. The van der Waals surface area contributed by atoms with Gasteiger partial charge >= 0.3 is 6.18 Å². The van der Waals surface area contributed by atoms with Crippen molar-refractivity contribution in [2.75, 3.05) is 31.6 Å². The first kappa shape index (κ1) is 24.9. The number of imidazole rings is 1. The summed E-state index contributed by atoms with van der Waals surface area (Å²) in [4.78, 5) is 6.37. The molecular formula is C28H23F3N6O2. The summed E-state index contributed by atoms with van der Waals surface area (Å²) in [6, 6.07) is 11.3.